The smallest absolute Gasteiger partial charge is 0.295 e. The number of rotatable bonds is 7. The van der Waals surface area contributed by atoms with Crippen molar-refractivity contribution in [3.05, 3.63) is 41.5 Å². The molecule has 4 rings (SSSR count). The van der Waals surface area contributed by atoms with E-state index in [1.54, 1.807) is 25.1 Å². The Labute approximate surface area is 227 Å². The molecule has 1 aliphatic carbocycles. The van der Waals surface area contributed by atoms with Crippen molar-refractivity contribution in [1.29, 1.82) is 0 Å². The highest BCUT2D eigenvalue weighted by molar-refractivity contribution is 7.90. The summed E-state index contributed by atoms with van der Waals surface area (Å²) in [5.74, 6) is 0.351. The van der Waals surface area contributed by atoms with Crippen molar-refractivity contribution < 1.29 is 22.5 Å². The number of amidine groups is 1. The number of carbonyl (C=O) groups is 2. The minimum atomic E-state index is -3.69. The van der Waals surface area contributed by atoms with Crippen LogP contribution in [-0.2, 0) is 21.2 Å². The van der Waals surface area contributed by atoms with Gasteiger partial charge in [-0.3, -0.25) is 19.3 Å². The summed E-state index contributed by atoms with van der Waals surface area (Å²) in [7, 11) is -3.69. The first-order valence-corrected chi connectivity index (χ1v) is 15.1. The number of hydrogen-bond donors (Lipinski definition) is 2. The fraction of sp³-hybridized carbons (Fsp3) is 0.593. The monoisotopic (exact) mass is 549 g/mol. The van der Waals surface area contributed by atoms with Gasteiger partial charge in [-0.2, -0.15) is 4.98 Å². The first kappa shape index (κ1) is 32.9. The maximum atomic E-state index is 12.4. The van der Waals surface area contributed by atoms with Gasteiger partial charge in [0.25, 0.3) is 15.9 Å². The quantitative estimate of drug-likeness (QED) is 0.477. The van der Waals surface area contributed by atoms with Crippen molar-refractivity contribution in [2.45, 2.75) is 97.9 Å². The fourth-order valence-corrected chi connectivity index (χ4v) is 4.96. The van der Waals surface area contributed by atoms with Gasteiger partial charge in [0.2, 0.25) is 11.7 Å². The zero-order chi connectivity index (χ0) is 28.7. The van der Waals surface area contributed by atoms with Gasteiger partial charge in [-0.05, 0) is 24.5 Å². The molecule has 0 radical (unpaired) electrons. The van der Waals surface area contributed by atoms with Gasteiger partial charge in [-0.15, -0.1) is 0 Å². The Morgan fingerprint density at radius 2 is 1.76 bits per heavy atom. The molecule has 1 saturated carbocycles. The molecule has 0 saturated heterocycles. The molecule has 11 heteroatoms. The lowest BCUT2D eigenvalue weighted by atomic mass is 10.2. The molecule has 1 atom stereocenters. The standard InChI is InChI=1S/C17H19N5O5S.C6H12.2C2H6/c1-3-11(16(24)18-9-12(23)17-20-14(4-2)21-27-17)19-15-10-7-5-6-8-13(10)28(25,26)22-15;1-6-4-2-3-5-6;2*1-2/h5-8,11H,3-4,9H2,1-2H3,(H,18,24)(H,19,22);6H,2-5H2,1H3;2*1-2H3/t11-;;;/m0.../s1. The highest BCUT2D eigenvalue weighted by Crippen LogP contribution is 2.23. The van der Waals surface area contributed by atoms with Crippen LogP contribution in [0.5, 0.6) is 0 Å². The van der Waals surface area contributed by atoms with Crippen LogP contribution < -0.4 is 10.0 Å². The lowest BCUT2D eigenvalue weighted by Gasteiger charge is -2.11. The van der Waals surface area contributed by atoms with E-state index in [1.807, 2.05) is 34.6 Å². The molecule has 212 valence electrons. The zero-order valence-corrected chi connectivity index (χ0v) is 24.5. The number of ketones is 1. The van der Waals surface area contributed by atoms with Gasteiger partial charge >= 0.3 is 0 Å². The Balaban J connectivity index is 0.000000616. The Morgan fingerprint density at radius 1 is 1.13 bits per heavy atom. The number of sulfonamides is 1. The number of Topliss-reactive ketones (excluding diaryl/α,β-unsaturated/α-hetero) is 1. The van der Waals surface area contributed by atoms with Crippen molar-refractivity contribution >= 4 is 27.5 Å². The molecule has 1 amide bonds. The molecule has 1 aromatic carbocycles. The summed E-state index contributed by atoms with van der Waals surface area (Å²) in [6.07, 6.45) is 6.78. The largest absolute Gasteiger partial charge is 0.347 e. The van der Waals surface area contributed by atoms with E-state index < -0.39 is 27.8 Å². The number of hydrogen-bond acceptors (Lipinski definition) is 8. The molecule has 2 N–H and O–H groups in total. The number of aromatic nitrogens is 2. The number of carbonyl (C=O) groups excluding carboxylic acids is 2. The third kappa shape index (κ3) is 9.34. The van der Waals surface area contributed by atoms with Gasteiger partial charge in [0.1, 0.15) is 11.9 Å². The van der Waals surface area contributed by atoms with E-state index in [2.05, 4.69) is 32.1 Å². The topological polar surface area (TPSA) is 144 Å². The van der Waals surface area contributed by atoms with E-state index in [4.69, 9.17) is 4.52 Å². The second kappa shape index (κ2) is 16.7. The molecular formula is C27H43N5O5S. The van der Waals surface area contributed by atoms with Crippen molar-refractivity contribution in [1.82, 2.24) is 20.2 Å². The van der Waals surface area contributed by atoms with Crippen LogP contribution in [0.1, 0.15) is 103 Å². The van der Waals surface area contributed by atoms with Crippen LogP contribution in [0, 0.1) is 5.92 Å². The van der Waals surface area contributed by atoms with E-state index in [1.165, 1.54) is 31.7 Å². The molecule has 2 aromatic rings. The molecule has 1 fully saturated rings. The van der Waals surface area contributed by atoms with Crippen molar-refractivity contribution in [3.63, 3.8) is 0 Å². The van der Waals surface area contributed by atoms with Crippen molar-refractivity contribution in [3.8, 4) is 0 Å². The van der Waals surface area contributed by atoms with Crippen LogP contribution in [0.3, 0.4) is 0 Å². The summed E-state index contributed by atoms with van der Waals surface area (Å²) in [5, 5.41) is 6.11. The van der Waals surface area contributed by atoms with Gasteiger partial charge < -0.3 is 9.84 Å². The molecule has 10 nitrogen and oxygen atoms in total. The number of nitrogens with one attached hydrogen (secondary N) is 2. The molecular weight excluding hydrogens is 506 g/mol. The van der Waals surface area contributed by atoms with E-state index in [9.17, 15) is 18.0 Å². The Morgan fingerprint density at radius 3 is 2.29 bits per heavy atom. The number of aryl methyl sites for hydroxylation is 1. The van der Waals surface area contributed by atoms with Crippen LogP contribution in [0.25, 0.3) is 0 Å². The summed E-state index contributed by atoms with van der Waals surface area (Å²) >= 11 is 0. The highest BCUT2D eigenvalue weighted by atomic mass is 32.2. The van der Waals surface area contributed by atoms with Crippen LogP contribution in [0.15, 0.2) is 38.7 Å². The first-order chi connectivity index (χ1) is 18.2. The second-order valence-electron chi connectivity index (χ2n) is 8.40. The van der Waals surface area contributed by atoms with Crippen LogP contribution >= 0.6 is 0 Å². The second-order valence-corrected chi connectivity index (χ2v) is 10.1. The summed E-state index contributed by atoms with van der Waals surface area (Å²) in [6, 6.07) is 5.50. The number of nitrogens with zero attached hydrogens (tertiary/aromatic N) is 3. The van der Waals surface area contributed by atoms with Crippen molar-refractivity contribution in [2.75, 3.05) is 6.54 Å². The lowest BCUT2D eigenvalue weighted by molar-refractivity contribution is -0.122. The molecule has 1 aliphatic heterocycles. The van der Waals surface area contributed by atoms with Crippen LogP contribution in [0.2, 0.25) is 0 Å². The summed E-state index contributed by atoms with van der Waals surface area (Å²) in [4.78, 5) is 32.7. The third-order valence-corrected chi connectivity index (χ3v) is 7.12. The Bertz CT molecular complexity index is 1150. The van der Waals surface area contributed by atoms with Crippen LogP contribution in [0.4, 0.5) is 0 Å². The fourth-order valence-electron chi connectivity index (χ4n) is 3.72. The van der Waals surface area contributed by atoms with E-state index >= 15 is 0 Å². The molecule has 0 unspecified atom stereocenters. The maximum Gasteiger partial charge on any atom is 0.295 e. The highest BCUT2D eigenvalue weighted by Gasteiger charge is 2.31. The SMILES string of the molecule is CC.CC.CC1CCCC1.CCc1noc(C(=O)CNC(=O)[C@H](CC)N=C2NS(=O)(=O)c3ccccc32)n1. The summed E-state index contributed by atoms with van der Waals surface area (Å²) < 4.78 is 31.5. The third-order valence-electron chi connectivity index (χ3n) is 5.73. The lowest BCUT2D eigenvalue weighted by Crippen LogP contribution is -2.38. The van der Waals surface area contributed by atoms with Crippen molar-refractivity contribution in [2.24, 2.45) is 10.9 Å². The summed E-state index contributed by atoms with van der Waals surface area (Å²) in [6.45, 7) is 13.6. The first-order valence-electron chi connectivity index (χ1n) is 13.6. The predicted octanol–water partition coefficient (Wildman–Crippen LogP) is 4.70. The summed E-state index contributed by atoms with van der Waals surface area (Å²) in [5.41, 5.74) is 0.405. The van der Waals surface area contributed by atoms with Gasteiger partial charge in [0.05, 0.1) is 11.4 Å². The average molecular weight is 550 g/mol. The number of benzene rings is 1. The van der Waals surface area contributed by atoms with E-state index in [-0.39, 0.29) is 23.2 Å². The maximum absolute atomic E-state index is 12.4. The minimum Gasteiger partial charge on any atom is -0.347 e. The van der Waals surface area contributed by atoms with Gasteiger partial charge in [-0.25, -0.2) is 8.42 Å². The van der Waals surface area contributed by atoms with Gasteiger partial charge in [-0.1, -0.05) is 91.4 Å². The minimum absolute atomic E-state index is 0.105. The Kier molecular flexibility index (Phi) is 14.5. The van der Waals surface area contributed by atoms with Crippen LogP contribution in [-0.4, -0.2) is 48.7 Å². The predicted molar refractivity (Wildman–Crippen MR) is 149 cm³/mol. The average Bonchev–Trinajstić information content (AvgIpc) is 3.68. The molecule has 2 heterocycles. The molecule has 2 aliphatic rings. The number of fused-ring (bicyclic) bond motifs is 1. The molecule has 1 aromatic heterocycles. The zero-order valence-electron chi connectivity index (χ0n) is 23.7. The van der Waals surface area contributed by atoms with Gasteiger partial charge in [0, 0.05) is 12.0 Å². The normalized spacial score (nSPS) is 16.9. The molecule has 0 spiro atoms. The van der Waals surface area contributed by atoms with E-state index in [0.717, 1.165) is 5.92 Å². The number of amides is 1. The Hall–Kier alpha value is -3.08. The molecule has 38 heavy (non-hydrogen) atoms. The van der Waals surface area contributed by atoms with E-state index in [0.29, 0.717) is 24.2 Å². The number of aliphatic imine (C=N–C) groups is 1. The molecule has 0 bridgehead atoms. The van der Waals surface area contributed by atoms with Gasteiger partial charge in [0.15, 0.2) is 5.82 Å².